The molecule has 0 fully saturated rings. The number of nitrogens with two attached hydrogens (primary N) is 10. The number of hydrogen-bond donors (Lipinski definition) is 18. The molecule has 0 spiro atoms. The van der Waals surface area contributed by atoms with E-state index in [-0.39, 0.29) is 113 Å². The molecule has 71 heavy (non-hydrogen) atoms. The summed E-state index contributed by atoms with van der Waals surface area (Å²) in [5, 5.41) is 26.7. The molecule has 0 aliphatic rings. The lowest BCUT2D eigenvalue weighted by atomic mass is 10.0. The largest absolute Gasteiger partial charge is 0.480 e. The van der Waals surface area contributed by atoms with Crippen molar-refractivity contribution in [2.75, 3.05) is 37.7 Å². The van der Waals surface area contributed by atoms with Gasteiger partial charge in [-0.05, 0) is 65.2 Å². The molecule has 0 aliphatic carbocycles. The second-order valence-corrected chi connectivity index (χ2v) is 18.2. The maximum absolute atomic E-state index is 14.1. The zero-order chi connectivity index (χ0) is 54.2. The van der Waals surface area contributed by atoms with Crippen molar-refractivity contribution in [2.45, 2.75) is 120 Å². The molecule has 8 amide bonds. The summed E-state index contributed by atoms with van der Waals surface area (Å²) < 4.78 is 0. The molecule has 0 radical (unpaired) electrons. The summed E-state index contributed by atoms with van der Waals surface area (Å²) in [5.74, 6) is -8.58. The van der Waals surface area contributed by atoms with E-state index in [0.717, 1.165) is 21.6 Å². The van der Waals surface area contributed by atoms with Crippen molar-refractivity contribution in [3.8, 4) is 0 Å². The van der Waals surface area contributed by atoms with Crippen LogP contribution in [0.15, 0.2) is 20.0 Å². The molecule has 0 aromatic heterocycles. The van der Waals surface area contributed by atoms with Crippen molar-refractivity contribution in [3.63, 3.8) is 0 Å². The van der Waals surface area contributed by atoms with Gasteiger partial charge in [-0.15, -0.1) is 0 Å². The van der Waals surface area contributed by atoms with Crippen LogP contribution in [0.5, 0.6) is 0 Å². The first-order chi connectivity index (χ1) is 33.2. The Hall–Kier alpha value is -7.03. The fourth-order valence-corrected chi connectivity index (χ4v) is 8.02. The molecule has 0 rings (SSSR count). The van der Waals surface area contributed by atoms with Crippen molar-refractivity contribution < 1.29 is 48.3 Å². The number of carbonyl (C=O) groups is 9. The first-order valence-electron chi connectivity index (χ1n) is 22.1. The minimum absolute atomic E-state index is 0.00144. The van der Waals surface area contributed by atoms with Gasteiger partial charge in [-0.1, -0.05) is 21.6 Å². The minimum Gasteiger partial charge on any atom is -0.480 e. The number of primary amides is 1. The molecule has 0 aromatic carbocycles. The van der Waals surface area contributed by atoms with Gasteiger partial charge in [0.2, 0.25) is 47.3 Å². The molecule has 402 valence electrons. The van der Waals surface area contributed by atoms with Gasteiger partial charge in [0.25, 0.3) is 0 Å². The van der Waals surface area contributed by atoms with Gasteiger partial charge in [0.15, 0.2) is 23.8 Å². The summed E-state index contributed by atoms with van der Waals surface area (Å²) in [4.78, 5) is 133. The van der Waals surface area contributed by atoms with Gasteiger partial charge in [-0.2, -0.15) is 0 Å². The monoisotopic (exact) mass is 1050 g/mol. The van der Waals surface area contributed by atoms with Crippen molar-refractivity contribution in [3.05, 3.63) is 0 Å². The summed E-state index contributed by atoms with van der Waals surface area (Å²) in [6, 6.07) is -10.2. The van der Waals surface area contributed by atoms with Crippen LogP contribution in [0.3, 0.4) is 0 Å². The Bertz CT molecular complexity index is 1910. The predicted octanol–water partition coefficient (Wildman–Crippen LogP) is -8.07. The molecular weight excluding hydrogens is 975 g/mol. The van der Waals surface area contributed by atoms with Crippen LogP contribution in [-0.2, 0) is 43.2 Å². The zero-order valence-corrected chi connectivity index (χ0v) is 41.7. The molecule has 33 heteroatoms. The van der Waals surface area contributed by atoms with Gasteiger partial charge in [0.05, 0.1) is 0 Å². The Balaban J connectivity index is 6.54. The van der Waals surface area contributed by atoms with Crippen molar-refractivity contribution in [1.29, 1.82) is 0 Å². The average Bonchev–Trinajstić information content (AvgIpc) is 3.27. The lowest BCUT2D eigenvalue weighted by Crippen LogP contribution is -2.59. The molecule has 0 saturated carbocycles. The van der Waals surface area contributed by atoms with E-state index in [1.807, 2.05) is 0 Å². The number of aliphatic imine (C=N–C) groups is 4. The van der Waals surface area contributed by atoms with Gasteiger partial charge in [-0.25, -0.2) is 0 Å². The lowest BCUT2D eigenvalue weighted by Gasteiger charge is -2.27. The maximum Gasteiger partial charge on any atom is 0.321 e. The number of rotatable bonds is 36. The molecule has 0 bridgehead atoms. The van der Waals surface area contributed by atoms with E-state index in [0.29, 0.717) is 0 Å². The van der Waals surface area contributed by atoms with E-state index in [1.165, 1.54) is 20.8 Å². The molecule has 0 saturated heterocycles. The van der Waals surface area contributed by atoms with Crippen molar-refractivity contribution in [2.24, 2.45) is 77.3 Å². The van der Waals surface area contributed by atoms with Crippen LogP contribution in [0.1, 0.15) is 72.1 Å². The standard InChI is InChI=1S/C38H73N21O10S2/c1-18(28(62)56-22(27(40)61)8-4-12-49-35(41)42)53-30(64)23(9-5-13-50-36(43)44)58-32(66)25(11-7-15-52-38(47)48)59-31(65)24(10-6-14-51-37(45)46)57-29(63)19(2)54-33(67)26(55-20(3)60)17-71-70-16-21(39)34(68)69/h18-19,21-26H,4-17,39H2,1-3H3,(H2,40,61)(H,53,64)(H,54,67)(H,55,60)(H,56,62)(H,57,63)(H,58,66)(H,59,65)(H,68,69)(H4,41,42,49)(H4,43,44,50)(H4,45,46,51)(H4,47,48,52)/t18-,19+,21-,22+,23+,24+,25+,26+/m0/s1. The number of carbonyl (C=O) groups excluding carboxylic acids is 8. The Kier molecular flexibility index (Phi) is 31.6. The quantitative estimate of drug-likeness (QED) is 0.0120. The molecule has 0 aromatic rings. The molecule has 28 N–H and O–H groups in total. The van der Waals surface area contributed by atoms with E-state index >= 15 is 0 Å². The fraction of sp³-hybridized carbons (Fsp3) is 0.658. The maximum atomic E-state index is 14.1. The number of aliphatic carboxylic acids is 1. The Morgan fingerprint density at radius 1 is 0.437 bits per heavy atom. The highest BCUT2D eigenvalue weighted by molar-refractivity contribution is 8.76. The van der Waals surface area contributed by atoms with Crippen LogP contribution in [-0.4, -0.2) is 168 Å². The van der Waals surface area contributed by atoms with Gasteiger partial charge in [0, 0.05) is 44.6 Å². The third-order valence-corrected chi connectivity index (χ3v) is 11.9. The van der Waals surface area contributed by atoms with Gasteiger partial charge in [-0.3, -0.25) is 63.1 Å². The molecule has 0 heterocycles. The number of hydrogen-bond acceptors (Lipinski definition) is 16. The molecular formula is C38H73N21O10S2. The first kappa shape index (κ1) is 64.0. The molecule has 0 unspecified atom stereocenters. The average molecular weight is 1050 g/mol. The highest BCUT2D eigenvalue weighted by atomic mass is 33.1. The predicted molar refractivity (Wildman–Crippen MR) is 270 cm³/mol. The van der Waals surface area contributed by atoms with Crippen molar-refractivity contribution >= 4 is 98.7 Å². The van der Waals surface area contributed by atoms with Gasteiger partial charge < -0.3 is 99.7 Å². The van der Waals surface area contributed by atoms with E-state index in [1.54, 1.807) is 0 Å². The zero-order valence-electron chi connectivity index (χ0n) is 40.0. The third-order valence-electron chi connectivity index (χ3n) is 9.42. The topological polar surface area (TPSA) is 568 Å². The van der Waals surface area contributed by atoms with Crippen LogP contribution in [0, 0.1) is 0 Å². The summed E-state index contributed by atoms with van der Waals surface area (Å²) in [7, 11) is 2.12. The molecule has 31 nitrogen and oxygen atoms in total. The van der Waals surface area contributed by atoms with Crippen LogP contribution in [0.4, 0.5) is 0 Å². The fourth-order valence-electron chi connectivity index (χ4n) is 5.74. The number of amides is 8. The van der Waals surface area contributed by atoms with E-state index in [9.17, 15) is 43.2 Å². The number of carboxylic acid groups (broad SMARTS) is 1. The summed E-state index contributed by atoms with van der Waals surface area (Å²) in [5.41, 5.74) is 54.4. The van der Waals surface area contributed by atoms with Gasteiger partial charge >= 0.3 is 5.97 Å². The Morgan fingerprint density at radius 3 is 1.06 bits per heavy atom. The van der Waals surface area contributed by atoms with Gasteiger partial charge in [0.1, 0.15) is 48.3 Å². The second kappa shape index (κ2) is 35.1. The number of carboxylic acids is 1. The van der Waals surface area contributed by atoms with Crippen LogP contribution >= 0.6 is 21.6 Å². The summed E-state index contributed by atoms with van der Waals surface area (Å²) >= 11 is 0. The normalized spacial score (nSPS) is 14.0. The van der Waals surface area contributed by atoms with Crippen LogP contribution in [0.2, 0.25) is 0 Å². The van der Waals surface area contributed by atoms with Crippen molar-refractivity contribution in [1.82, 2.24) is 37.2 Å². The smallest absolute Gasteiger partial charge is 0.321 e. The summed E-state index contributed by atoms with van der Waals surface area (Å²) in [6.07, 6.45) is 0.443. The Labute approximate surface area is 418 Å². The Morgan fingerprint density at radius 2 is 0.732 bits per heavy atom. The SMILES string of the molecule is CC(=O)N[C@H](CSSC[C@H](N)C(=O)O)C(=O)N[C@H](C)C(=O)N[C@H](CCCN=C(N)N)C(=O)N[C@H](CCCN=C(N)N)C(=O)N[C@H](CCCN=C(N)N)C(=O)N[C@@H](C)C(=O)N[C@H](CCCN=C(N)N)C(N)=O. The number of guanidine groups is 4. The van der Waals surface area contributed by atoms with Crippen LogP contribution < -0.4 is 94.6 Å². The molecule has 0 aliphatic heterocycles. The third kappa shape index (κ3) is 30.2. The van der Waals surface area contributed by atoms with E-state index in [4.69, 9.17) is 62.4 Å². The van der Waals surface area contributed by atoms with Crippen LogP contribution in [0.25, 0.3) is 0 Å². The number of nitrogens with zero attached hydrogens (tertiary/aromatic N) is 4. The minimum atomic E-state index is -1.41. The first-order valence-corrected chi connectivity index (χ1v) is 24.6. The lowest BCUT2D eigenvalue weighted by molar-refractivity contribution is -0.138. The highest BCUT2D eigenvalue weighted by Crippen LogP contribution is 2.23. The molecule has 8 atom stereocenters. The van der Waals surface area contributed by atoms with E-state index < -0.39 is 102 Å². The second-order valence-electron chi connectivity index (χ2n) is 15.7. The van der Waals surface area contributed by atoms with E-state index in [2.05, 4.69) is 57.2 Å². The number of nitrogens with one attached hydrogen (secondary N) is 7. The highest BCUT2D eigenvalue weighted by Gasteiger charge is 2.32. The summed E-state index contributed by atoms with van der Waals surface area (Å²) in [6.45, 7) is 4.04.